The van der Waals surface area contributed by atoms with Gasteiger partial charge >= 0.3 is 11.7 Å². The van der Waals surface area contributed by atoms with Crippen molar-refractivity contribution in [2.24, 2.45) is 0 Å². The Bertz CT molecular complexity index is 730. The van der Waals surface area contributed by atoms with Crippen molar-refractivity contribution in [2.75, 3.05) is 6.61 Å². The van der Waals surface area contributed by atoms with Crippen LogP contribution in [0.15, 0.2) is 21.9 Å². The van der Waals surface area contributed by atoms with E-state index in [1.54, 1.807) is 0 Å². The van der Waals surface area contributed by atoms with E-state index in [-0.39, 0.29) is 6.42 Å². The van der Waals surface area contributed by atoms with E-state index in [4.69, 9.17) is 9.62 Å². The van der Waals surface area contributed by atoms with Gasteiger partial charge in [-0.05, 0) is 13.3 Å². The summed E-state index contributed by atoms with van der Waals surface area (Å²) in [4.78, 5) is 46.3. The van der Waals surface area contributed by atoms with Gasteiger partial charge in [-0.3, -0.25) is 19.2 Å². The van der Waals surface area contributed by atoms with E-state index in [0.717, 1.165) is 36.6 Å². The summed E-state index contributed by atoms with van der Waals surface area (Å²) in [6.45, 7) is 2.46. The second-order valence-corrected chi connectivity index (χ2v) is 6.31. The minimum absolute atomic E-state index is 0.122. The lowest BCUT2D eigenvalue weighted by molar-refractivity contribution is -0.318. The summed E-state index contributed by atoms with van der Waals surface area (Å²) in [5.41, 5.74) is -3.84. The predicted molar refractivity (Wildman–Crippen MR) is 86.9 cm³/mol. The second kappa shape index (κ2) is 8.56. The number of carbonyl (C=O) groups excluding carboxylic acids is 1. The fourth-order valence-electron chi connectivity index (χ4n) is 2.78. The monoisotopic (exact) mass is 374 g/mol. The minimum Gasteiger partial charge on any atom is -0.394 e. The lowest BCUT2D eigenvalue weighted by Gasteiger charge is -2.26. The summed E-state index contributed by atoms with van der Waals surface area (Å²) >= 11 is 0. The van der Waals surface area contributed by atoms with Crippen LogP contribution in [0.3, 0.4) is 0 Å². The first kappa shape index (κ1) is 20.3. The second-order valence-electron chi connectivity index (χ2n) is 6.31. The standard InChI is InChI=1S/C16H23FN2O7/c1-3-4-5-6-12(22)25-26-13-10(9-20)24-14(16(13,2)17)19-8-7-11(21)18-15(19)23/h7-8,10,13-14,20H,3-6,9H2,1-2H3,(H,18,21,23)/t10-,13+,14-,16-/m1/s1. The van der Waals surface area contributed by atoms with Crippen molar-refractivity contribution in [3.8, 4) is 0 Å². The maximum absolute atomic E-state index is 15.3. The normalized spacial score (nSPS) is 28.2. The fourth-order valence-corrected chi connectivity index (χ4v) is 2.78. The molecule has 146 valence electrons. The Morgan fingerprint density at radius 2 is 2.19 bits per heavy atom. The summed E-state index contributed by atoms with van der Waals surface area (Å²) in [5, 5.41) is 9.43. The number of hydrogen-bond donors (Lipinski definition) is 2. The minimum atomic E-state index is -2.32. The van der Waals surface area contributed by atoms with Crippen LogP contribution in [0.5, 0.6) is 0 Å². The van der Waals surface area contributed by atoms with Gasteiger partial charge in [0.2, 0.25) is 0 Å². The van der Waals surface area contributed by atoms with Crippen LogP contribution in [0.25, 0.3) is 0 Å². The number of aromatic amines is 1. The van der Waals surface area contributed by atoms with Gasteiger partial charge in [-0.2, -0.15) is 4.89 Å². The lowest BCUT2D eigenvalue weighted by atomic mass is 9.98. The average Bonchev–Trinajstić information content (AvgIpc) is 2.83. The SMILES string of the molecule is CCCCCC(=O)OO[C@H]1[C@@H](CO)O[C@@H](n2ccc(=O)[nH]c2=O)[C@]1(C)F. The first-order valence-corrected chi connectivity index (χ1v) is 8.44. The quantitative estimate of drug-likeness (QED) is 0.388. The molecule has 4 atom stereocenters. The van der Waals surface area contributed by atoms with Gasteiger partial charge in [0.15, 0.2) is 18.0 Å². The number of aromatic nitrogens is 2. The maximum atomic E-state index is 15.3. The number of alkyl halides is 1. The van der Waals surface area contributed by atoms with E-state index in [2.05, 4.69) is 4.89 Å². The van der Waals surface area contributed by atoms with Gasteiger partial charge in [0, 0.05) is 18.7 Å². The molecule has 0 radical (unpaired) electrons. The number of aliphatic hydroxyl groups excluding tert-OH is 1. The Labute approximate surface area is 148 Å². The van der Waals surface area contributed by atoms with Crippen LogP contribution in [0.1, 0.15) is 45.8 Å². The number of aliphatic hydroxyl groups is 1. The maximum Gasteiger partial charge on any atom is 0.342 e. The first-order valence-electron chi connectivity index (χ1n) is 8.44. The van der Waals surface area contributed by atoms with Gasteiger partial charge in [0.1, 0.15) is 6.10 Å². The molecule has 1 fully saturated rings. The van der Waals surface area contributed by atoms with Crippen LogP contribution < -0.4 is 11.2 Å². The highest BCUT2D eigenvalue weighted by Gasteiger charge is 2.58. The molecule has 2 heterocycles. The number of H-pyrrole nitrogens is 1. The fraction of sp³-hybridized carbons (Fsp3) is 0.688. The molecule has 0 saturated carbocycles. The molecule has 2 rings (SSSR count). The molecule has 1 aromatic rings. The smallest absolute Gasteiger partial charge is 0.342 e. The molecule has 0 aromatic carbocycles. The van der Waals surface area contributed by atoms with Crippen molar-refractivity contribution in [1.29, 1.82) is 0 Å². The van der Waals surface area contributed by atoms with Crippen molar-refractivity contribution in [3.63, 3.8) is 0 Å². The van der Waals surface area contributed by atoms with Crippen LogP contribution in [0, 0.1) is 0 Å². The van der Waals surface area contributed by atoms with Crippen LogP contribution >= 0.6 is 0 Å². The molecular formula is C16H23FN2O7. The van der Waals surface area contributed by atoms with Gasteiger partial charge in [-0.1, -0.05) is 19.8 Å². The van der Waals surface area contributed by atoms with Gasteiger partial charge in [-0.25, -0.2) is 14.0 Å². The number of carbonyl (C=O) groups is 1. The molecule has 0 unspecified atom stereocenters. The van der Waals surface area contributed by atoms with Crippen LogP contribution in [0.4, 0.5) is 4.39 Å². The van der Waals surface area contributed by atoms with Gasteiger partial charge in [-0.15, -0.1) is 0 Å². The summed E-state index contributed by atoms with van der Waals surface area (Å²) < 4.78 is 21.5. The third kappa shape index (κ3) is 4.37. The molecule has 9 nitrogen and oxygen atoms in total. The molecule has 2 N–H and O–H groups in total. The van der Waals surface area contributed by atoms with Gasteiger partial charge in [0.25, 0.3) is 5.56 Å². The molecule has 0 bridgehead atoms. The molecule has 1 saturated heterocycles. The Morgan fingerprint density at radius 3 is 2.81 bits per heavy atom. The Morgan fingerprint density at radius 1 is 1.46 bits per heavy atom. The van der Waals surface area contributed by atoms with E-state index in [1.165, 1.54) is 0 Å². The largest absolute Gasteiger partial charge is 0.394 e. The molecule has 0 aliphatic carbocycles. The van der Waals surface area contributed by atoms with Gasteiger partial charge < -0.3 is 9.84 Å². The third-order valence-corrected chi connectivity index (χ3v) is 4.19. The van der Waals surface area contributed by atoms with Crippen molar-refractivity contribution >= 4 is 5.97 Å². The first-order chi connectivity index (χ1) is 12.3. The average molecular weight is 374 g/mol. The number of unbranched alkanes of at least 4 members (excludes halogenated alkanes) is 2. The van der Waals surface area contributed by atoms with Crippen LogP contribution in [-0.2, 0) is 19.3 Å². The number of hydrogen-bond acceptors (Lipinski definition) is 7. The molecule has 0 amide bonds. The highest BCUT2D eigenvalue weighted by Crippen LogP contribution is 2.42. The zero-order valence-electron chi connectivity index (χ0n) is 14.6. The van der Waals surface area contributed by atoms with E-state index in [0.29, 0.717) is 6.42 Å². The van der Waals surface area contributed by atoms with Crippen molar-refractivity contribution in [3.05, 3.63) is 33.1 Å². The molecule has 1 aromatic heterocycles. The summed E-state index contributed by atoms with van der Waals surface area (Å²) in [6, 6.07) is 1.04. The topological polar surface area (TPSA) is 120 Å². The number of ether oxygens (including phenoxy) is 1. The summed E-state index contributed by atoms with van der Waals surface area (Å²) in [5.74, 6) is -0.657. The molecule has 10 heteroatoms. The zero-order chi connectivity index (χ0) is 19.3. The lowest BCUT2D eigenvalue weighted by Crippen LogP contribution is -2.45. The van der Waals surface area contributed by atoms with Gasteiger partial charge in [0.05, 0.1) is 6.61 Å². The molecule has 1 aliphatic rings. The molecular weight excluding hydrogens is 351 g/mol. The Kier molecular flexibility index (Phi) is 6.68. The predicted octanol–water partition coefficient (Wildman–Crippen LogP) is 0.578. The highest BCUT2D eigenvalue weighted by molar-refractivity contribution is 5.68. The number of rotatable bonds is 8. The van der Waals surface area contributed by atoms with E-state index in [1.807, 2.05) is 11.9 Å². The van der Waals surface area contributed by atoms with E-state index in [9.17, 15) is 19.5 Å². The number of nitrogens with one attached hydrogen (secondary N) is 1. The molecule has 26 heavy (non-hydrogen) atoms. The summed E-state index contributed by atoms with van der Waals surface area (Å²) in [7, 11) is 0. The zero-order valence-corrected chi connectivity index (χ0v) is 14.6. The van der Waals surface area contributed by atoms with E-state index >= 15 is 4.39 Å². The molecule has 1 aliphatic heterocycles. The van der Waals surface area contributed by atoms with Crippen molar-refractivity contribution in [1.82, 2.24) is 9.55 Å². The van der Waals surface area contributed by atoms with E-state index < -0.39 is 47.9 Å². The Balaban J connectivity index is 2.12. The molecule has 0 spiro atoms. The number of halogens is 1. The third-order valence-electron chi connectivity index (χ3n) is 4.19. The highest BCUT2D eigenvalue weighted by atomic mass is 19.1. The number of nitrogens with zero attached hydrogens (tertiary/aromatic N) is 1. The summed E-state index contributed by atoms with van der Waals surface area (Å²) in [6.07, 6.45) is -0.509. The van der Waals surface area contributed by atoms with Crippen molar-refractivity contribution < 1.29 is 28.8 Å². The van der Waals surface area contributed by atoms with Crippen molar-refractivity contribution in [2.45, 2.75) is 63.6 Å². The van der Waals surface area contributed by atoms with Crippen LogP contribution in [0.2, 0.25) is 0 Å². The Hall–Kier alpha value is -2.04. The van der Waals surface area contributed by atoms with Crippen LogP contribution in [-0.4, -0.2) is 45.1 Å².